The Morgan fingerprint density at radius 3 is 2.75 bits per heavy atom. The van der Waals surface area contributed by atoms with E-state index in [1.165, 1.54) is 5.56 Å². The molecule has 6 rings (SSSR count). The number of pyridine rings is 1. The van der Waals surface area contributed by atoms with Crippen LogP contribution in [-0.2, 0) is 0 Å². The number of amides is 1. The summed E-state index contributed by atoms with van der Waals surface area (Å²) >= 11 is 0. The van der Waals surface area contributed by atoms with Gasteiger partial charge in [0.2, 0.25) is 0 Å². The van der Waals surface area contributed by atoms with Crippen molar-refractivity contribution in [2.45, 2.75) is 25.7 Å². The van der Waals surface area contributed by atoms with Crippen LogP contribution in [-0.4, -0.2) is 43.8 Å². The van der Waals surface area contributed by atoms with Crippen LogP contribution in [0.3, 0.4) is 0 Å². The Bertz CT molecular complexity index is 1540. The highest BCUT2D eigenvalue weighted by Gasteiger charge is 2.29. The van der Waals surface area contributed by atoms with E-state index in [1.807, 2.05) is 59.8 Å². The molecule has 0 bridgehead atoms. The van der Waals surface area contributed by atoms with Crippen LogP contribution in [0.5, 0.6) is 0 Å². The van der Waals surface area contributed by atoms with E-state index < -0.39 is 0 Å². The second-order valence-electron chi connectivity index (χ2n) is 9.41. The highest BCUT2D eigenvalue weighted by atomic mass is 16.2. The molecule has 1 saturated heterocycles. The van der Waals surface area contributed by atoms with Crippen molar-refractivity contribution in [3.05, 3.63) is 102 Å². The number of hydrogen-bond donors (Lipinski definition) is 1. The first kappa shape index (κ1) is 22.2. The number of nitrogens with zero attached hydrogens (tertiary/aromatic N) is 4. The number of aromatic amines is 1. The van der Waals surface area contributed by atoms with E-state index in [1.54, 1.807) is 12.4 Å². The first-order chi connectivity index (χ1) is 17.7. The van der Waals surface area contributed by atoms with Gasteiger partial charge in [0.25, 0.3) is 5.91 Å². The lowest BCUT2D eigenvalue weighted by Gasteiger charge is -2.33. The zero-order chi connectivity index (χ0) is 24.5. The summed E-state index contributed by atoms with van der Waals surface area (Å²) in [7, 11) is 0. The maximum atomic E-state index is 13.5. The number of nitrogens with one attached hydrogen (secondary N) is 1. The van der Waals surface area contributed by atoms with Gasteiger partial charge in [0.05, 0.1) is 5.69 Å². The Labute approximate surface area is 210 Å². The van der Waals surface area contributed by atoms with Crippen molar-refractivity contribution in [1.82, 2.24) is 24.8 Å². The topological polar surface area (TPSA) is 74.8 Å². The number of carbonyl (C=O) groups excluding carboxylic acids is 1. The Morgan fingerprint density at radius 2 is 1.89 bits per heavy atom. The summed E-state index contributed by atoms with van der Waals surface area (Å²) < 4.78 is 0. The molecular formula is C30H27N5O. The molecule has 2 aromatic carbocycles. The third-order valence-corrected chi connectivity index (χ3v) is 7.09. The van der Waals surface area contributed by atoms with Gasteiger partial charge in [-0.05, 0) is 66.6 Å². The fourth-order valence-corrected chi connectivity index (χ4v) is 5.18. The summed E-state index contributed by atoms with van der Waals surface area (Å²) in [6, 6.07) is 20.1. The molecule has 1 atom stereocenters. The van der Waals surface area contributed by atoms with Gasteiger partial charge in [-0.15, -0.1) is 0 Å². The number of H-pyrrole nitrogens is 1. The third kappa shape index (κ3) is 4.15. The maximum Gasteiger partial charge on any atom is 0.253 e. The first-order valence-corrected chi connectivity index (χ1v) is 12.4. The first-order valence-electron chi connectivity index (χ1n) is 12.4. The highest BCUT2D eigenvalue weighted by molar-refractivity contribution is 5.98. The summed E-state index contributed by atoms with van der Waals surface area (Å²) in [5.74, 6) is 0.873. The minimum Gasteiger partial charge on any atom is -0.361 e. The molecule has 1 aliphatic rings. The zero-order valence-electron chi connectivity index (χ0n) is 20.2. The van der Waals surface area contributed by atoms with E-state index in [-0.39, 0.29) is 11.8 Å². The fraction of sp³-hybridized carbons (Fsp3) is 0.200. The molecule has 6 heteroatoms. The third-order valence-electron chi connectivity index (χ3n) is 7.09. The number of likely N-dealkylation sites (tertiary alicyclic amines) is 1. The van der Waals surface area contributed by atoms with E-state index in [4.69, 9.17) is 9.97 Å². The molecule has 4 heterocycles. The van der Waals surface area contributed by atoms with Crippen LogP contribution < -0.4 is 0 Å². The zero-order valence-corrected chi connectivity index (χ0v) is 20.2. The normalized spacial score (nSPS) is 15.8. The average Bonchev–Trinajstić information content (AvgIpc) is 3.41. The number of aryl methyl sites for hydroxylation is 1. The molecular weight excluding hydrogens is 446 g/mol. The Kier molecular flexibility index (Phi) is 5.77. The number of carbonyl (C=O) groups is 1. The van der Waals surface area contributed by atoms with E-state index in [9.17, 15) is 4.79 Å². The van der Waals surface area contributed by atoms with Crippen molar-refractivity contribution in [2.24, 2.45) is 0 Å². The van der Waals surface area contributed by atoms with Gasteiger partial charge >= 0.3 is 0 Å². The van der Waals surface area contributed by atoms with Gasteiger partial charge < -0.3 is 9.88 Å². The van der Waals surface area contributed by atoms with Crippen LogP contribution in [0.1, 0.15) is 40.4 Å². The smallest absolute Gasteiger partial charge is 0.253 e. The maximum absolute atomic E-state index is 13.5. The van der Waals surface area contributed by atoms with E-state index in [0.29, 0.717) is 17.9 Å². The van der Waals surface area contributed by atoms with Crippen molar-refractivity contribution >= 4 is 16.8 Å². The van der Waals surface area contributed by atoms with Gasteiger partial charge in [-0.1, -0.05) is 30.3 Å². The van der Waals surface area contributed by atoms with Crippen molar-refractivity contribution in [3.63, 3.8) is 0 Å². The molecule has 6 nitrogen and oxygen atoms in total. The van der Waals surface area contributed by atoms with Crippen molar-refractivity contribution in [2.75, 3.05) is 13.1 Å². The van der Waals surface area contributed by atoms with E-state index in [2.05, 4.69) is 35.1 Å². The molecule has 1 fully saturated rings. The molecule has 0 saturated carbocycles. The predicted molar refractivity (Wildman–Crippen MR) is 142 cm³/mol. The standard InChI is InChI=1S/C30H27N5O/c1-20-5-2-3-7-25(20)26-18-33-29(22-10-13-31-14-11-22)34-28(26)24-6-4-16-35(19-24)30(36)23-9-8-21-12-15-32-27(21)17-23/h2-3,5,7-15,17-18,24,32H,4,6,16,19H2,1H3. The lowest BCUT2D eigenvalue weighted by Crippen LogP contribution is -2.39. The average molecular weight is 474 g/mol. The van der Waals surface area contributed by atoms with Crippen molar-refractivity contribution in [1.29, 1.82) is 0 Å². The number of hydrogen-bond acceptors (Lipinski definition) is 4. The van der Waals surface area contributed by atoms with Gasteiger partial charge in [-0.2, -0.15) is 0 Å². The second-order valence-corrected chi connectivity index (χ2v) is 9.41. The van der Waals surface area contributed by atoms with Gasteiger partial charge in [-0.25, -0.2) is 9.97 Å². The predicted octanol–water partition coefficient (Wildman–Crippen LogP) is 6.02. The van der Waals surface area contributed by atoms with Crippen molar-refractivity contribution in [3.8, 4) is 22.5 Å². The van der Waals surface area contributed by atoms with Gasteiger partial charge in [0, 0.05) is 66.0 Å². The Balaban J connectivity index is 1.37. The second kappa shape index (κ2) is 9.38. The lowest BCUT2D eigenvalue weighted by atomic mass is 9.88. The van der Waals surface area contributed by atoms with Crippen LogP contribution in [0.25, 0.3) is 33.4 Å². The number of aromatic nitrogens is 4. The monoisotopic (exact) mass is 473 g/mol. The van der Waals surface area contributed by atoms with Crippen molar-refractivity contribution < 1.29 is 4.79 Å². The summed E-state index contributed by atoms with van der Waals surface area (Å²) in [4.78, 5) is 32.7. The van der Waals surface area contributed by atoms with Crippen LogP contribution in [0.15, 0.2) is 85.5 Å². The number of fused-ring (bicyclic) bond motifs is 1. The molecule has 0 aliphatic carbocycles. The largest absolute Gasteiger partial charge is 0.361 e. The summed E-state index contributed by atoms with van der Waals surface area (Å²) in [5, 5.41) is 1.11. The molecule has 0 radical (unpaired) electrons. The van der Waals surface area contributed by atoms with Crippen LogP contribution in [0, 0.1) is 6.92 Å². The number of rotatable bonds is 4. The molecule has 5 aromatic rings. The fourth-order valence-electron chi connectivity index (χ4n) is 5.18. The molecule has 0 spiro atoms. The molecule has 3 aromatic heterocycles. The lowest BCUT2D eigenvalue weighted by molar-refractivity contribution is 0.0706. The van der Waals surface area contributed by atoms with Crippen LogP contribution >= 0.6 is 0 Å². The summed E-state index contributed by atoms with van der Waals surface area (Å²) in [6.07, 6.45) is 9.28. The molecule has 1 aliphatic heterocycles. The Morgan fingerprint density at radius 1 is 1.03 bits per heavy atom. The molecule has 1 unspecified atom stereocenters. The minimum absolute atomic E-state index is 0.0667. The quantitative estimate of drug-likeness (QED) is 0.347. The van der Waals surface area contributed by atoms with Gasteiger partial charge in [-0.3, -0.25) is 9.78 Å². The molecule has 36 heavy (non-hydrogen) atoms. The van der Waals surface area contributed by atoms with Crippen LogP contribution in [0.4, 0.5) is 0 Å². The van der Waals surface area contributed by atoms with Crippen LogP contribution in [0.2, 0.25) is 0 Å². The molecule has 1 amide bonds. The van der Waals surface area contributed by atoms with Gasteiger partial charge in [0.1, 0.15) is 0 Å². The number of benzene rings is 2. The molecule has 178 valence electrons. The van der Waals surface area contributed by atoms with E-state index >= 15 is 0 Å². The highest BCUT2D eigenvalue weighted by Crippen LogP contribution is 2.36. The number of piperidine rings is 1. The SMILES string of the molecule is Cc1ccccc1-c1cnc(-c2ccncc2)nc1C1CCCN(C(=O)c2ccc3cc[nH]c3c2)C1. The van der Waals surface area contributed by atoms with Gasteiger partial charge in [0.15, 0.2) is 5.82 Å². The van der Waals surface area contributed by atoms with E-state index in [0.717, 1.165) is 52.7 Å². The molecule has 1 N–H and O–H groups in total. The minimum atomic E-state index is 0.0667. The summed E-state index contributed by atoms with van der Waals surface area (Å²) in [5.41, 5.74) is 6.99. The Hall–Kier alpha value is -4.32. The summed E-state index contributed by atoms with van der Waals surface area (Å²) in [6.45, 7) is 3.50.